The first-order valence-corrected chi connectivity index (χ1v) is 4.45. The van der Waals surface area contributed by atoms with Crippen LogP contribution in [-0.2, 0) is 0 Å². The second-order valence-electron chi connectivity index (χ2n) is 3.54. The van der Waals surface area contributed by atoms with Crippen LogP contribution in [-0.4, -0.2) is 11.5 Å². The van der Waals surface area contributed by atoms with Crippen LogP contribution in [0.3, 0.4) is 0 Å². The van der Waals surface area contributed by atoms with Gasteiger partial charge in [0.05, 0.1) is 0 Å². The van der Waals surface area contributed by atoms with Gasteiger partial charge in [-0.3, -0.25) is 4.98 Å². The van der Waals surface area contributed by atoms with E-state index in [9.17, 15) is 0 Å². The zero-order chi connectivity index (χ0) is 8.55. The Morgan fingerprint density at radius 1 is 1.58 bits per heavy atom. The molecule has 0 saturated heterocycles. The van der Waals surface area contributed by atoms with Crippen LogP contribution in [0.15, 0.2) is 18.2 Å². The van der Waals surface area contributed by atoms with Crippen LogP contribution in [0, 0.1) is 12.8 Å². The molecule has 1 fully saturated rings. The summed E-state index contributed by atoms with van der Waals surface area (Å²) in [4.78, 5) is 4.48. The van der Waals surface area contributed by atoms with E-state index < -0.39 is 0 Å². The Morgan fingerprint density at radius 3 is 3.00 bits per heavy atom. The Bertz CT molecular complexity index is 283. The zero-order valence-electron chi connectivity index (χ0n) is 7.33. The summed E-state index contributed by atoms with van der Waals surface area (Å²) in [6.45, 7) is 2.84. The van der Waals surface area contributed by atoms with Gasteiger partial charge in [-0.05, 0) is 37.9 Å². The van der Waals surface area contributed by atoms with Crippen LogP contribution in [0.1, 0.15) is 23.7 Å². The largest absolute Gasteiger partial charge is 0.330 e. The third-order valence-electron chi connectivity index (χ3n) is 2.52. The average Bonchev–Trinajstić information content (AvgIpc) is 2.83. The van der Waals surface area contributed by atoms with Gasteiger partial charge < -0.3 is 5.73 Å². The van der Waals surface area contributed by atoms with Crippen molar-refractivity contribution in [1.82, 2.24) is 4.98 Å². The maximum Gasteiger partial charge on any atom is 0.0441 e. The van der Waals surface area contributed by atoms with Crippen molar-refractivity contribution in [3.63, 3.8) is 0 Å². The van der Waals surface area contributed by atoms with Gasteiger partial charge in [0.1, 0.15) is 0 Å². The molecule has 2 N–H and O–H groups in total. The molecule has 1 aliphatic carbocycles. The van der Waals surface area contributed by atoms with Crippen molar-refractivity contribution < 1.29 is 0 Å². The van der Waals surface area contributed by atoms with Crippen molar-refractivity contribution in [3.8, 4) is 0 Å². The summed E-state index contributed by atoms with van der Waals surface area (Å²) < 4.78 is 0. The molecule has 0 aromatic carbocycles. The second-order valence-corrected chi connectivity index (χ2v) is 3.54. The Balaban J connectivity index is 2.14. The van der Waals surface area contributed by atoms with E-state index in [0.29, 0.717) is 11.8 Å². The van der Waals surface area contributed by atoms with E-state index in [1.807, 2.05) is 13.0 Å². The zero-order valence-corrected chi connectivity index (χ0v) is 7.33. The van der Waals surface area contributed by atoms with Gasteiger partial charge in [0, 0.05) is 17.3 Å². The molecule has 12 heavy (non-hydrogen) atoms. The minimum atomic E-state index is 0.648. The van der Waals surface area contributed by atoms with Crippen molar-refractivity contribution in [3.05, 3.63) is 29.6 Å². The highest BCUT2D eigenvalue weighted by Crippen LogP contribution is 2.45. The van der Waals surface area contributed by atoms with Gasteiger partial charge in [0.25, 0.3) is 0 Å². The molecule has 2 heteroatoms. The van der Waals surface area contributed by atoms with E-state index in [1.165, 1.54) is 12.1 Å². The third kappa shape index (κ3) is 1.34. The summed E-state index contributed by atoms with van der Waals surface area (Å²) in [5, 5.41) is 0. The lowest BCUT2D eigenvalue weighted by molar-refractivity contribution is 0.795. The number of aromatic nitrogens is 1. The Morgan fingerprint density at radius 2 is 2.42 bits per heavy atom. The minimum Gasteiger partial charge on any atom is -0.330 e. The number of hydrogen-bond acceptors (Lipinski definition) is 2. The van der Waals surface area contributed by atoms with E-state index >= 15 is 0 Å². The molecule has 1 heterocycles. The van der Waals surface area contributed by atoms with Gasteiger partial charge in [0.2, 0.25) is 0 Å². The highest BCUT2D eigenvalue weighted by molar-refractivity contribution is 5.20. The lowest BCUT2D eigenvalue weighted by Gasteiger charge is -1.98. The van der Waals surface area contributed by atoms with Gasteiger partial charge >= 0.3 is 0 Å². The SMILES string of the molecule is Cc1cccc(C2CC2CN)n1. The maximum atomic E-state index is 5.57. The fourth-order valence-corrected chi connectivity index (χ4v) is 1.64. The van der Waals surface area contributed by atoms with E-state index in [-0.39, 0.29) is 0 Å². The van der Waals surface area contributed by atoms with Crippen molar-refractivity contribution in [1.29, 1.82) is 0 Å². The number of hydrogen-bond donors (Lipinski definition) is 1. The third-order valence-corrected chi connectivity index (χ3v) is 2.52. The molecule has 2 unspecified atom stereocenters. The normalized spacial score (nSPS) is 27.2. The van der Waals surface area contributed by atoms with Crippen molar-refractivity contribution in [2.45, 2.75) is 19.3 Å². The summed E-state index contributed by atoms with van der Waals surface area (Å²) in [5.41, 5.74) is 7.91. The van der Waals surface area contributed by atoms with Gasteiger partial charge in [0.15, 0.2) is 0 Å². The quantitative estimate of drug-likeness (QED) is 0.715. The molecular formula is C10H14N2. The minimum absolute atomic E-state index is 0.648. The molecule has 1 aromatic rings. The first-order chi connectivity index (χ1) is 5.81. The van der Waals surface area contributed by atoms with Crippen LogP contribution in [0.25, 0.3) is 0 Å². The standard InChI is InChI=1S/C10H14N2/c1-7-3-2-4-10(12-7)9-5-8(9)6-11/h2-4,8-9H,5-6,11H2,1H3. The molecule has 2 rings (SSSR count). The Labute approximate surface area is 72.8 Å². The van der Waals surface area contributed by atoms with Crippen molar-refractivity contribution >= 4 is 0 Å². The fourth-order valence-electron chi connectivity index (χ4n) is 1.64. The van der Waals surface area contributed by atoms with E-state index in [2.05, 4.69) is 17.1 Å². The molecule has 0 radical (unpaired) electrons. The van der Waals surface area contributed by atoms with Gasteiger partial charge in [-0.1, -0.05) is 6.07 Å². The molecule has 2 nitrogen and oxygen atoms in total. The number of pyridine rings is 1. The first-order valence-electron chi connectivity index (χ1n) is 4.45. The molecule has 2 atom stereocenters. The topological polar surface area (TPSA) is 38.9 Å². The summed E-state index contributed by atoms with van der Waals surface area (Å²) in [5.74, 6) is 1.34. The molecule has 64 valence electrons. The van der Waals surface area contributed by atoms with E-state index in [4.69, 9.17) is 5.73 Å². The Kier molecular flexibility index (Phi) is 1.85. The molecule has 1 saturated carbocycles. The lowest BCUT2D eigenvalue weighted by atomic mass is 10.2. The highest BCUT2D eigenvalue weighted by Gasteiger charge is 2.37. The number of rotatable bonds is 2. The van der Waals surface area contributed by atoms with Crippen LogP contribution in [0.4, 0.5) is 0 Å². The maximum absolute atomic E-state index is 5.57. The smallest absolute Gasteiger partial charge is 0.0441 e. The first kappa shape index (κ1) is 7.74. The fraction of sp³-hybridized carbons (Fsp3) is 0.500. The highest BCUT2D eigenvalue weighted by atomic mass is 14.7. The predicted molar refractivity (Wildman–Crippen MR) is 48.9 cm³/mol. The average molecular weight is 162 g/mol. The molecule has 1 aromatic heterocycles. The van der Waals surface area contributed by atoms with Crippen LogP contribution < -0.4 is 5.73 Å². The molecule has 0 bridgehead atoms. The van der Waals surface area contributed by atoms with Crippen LogP contribution in [0.2, 0.25) is 0 Å². The number of nitrogens with zero attached hydrogens (tertiary/aromatic N) is 1. The molecular weight excluding hydrogens is 148 g/mol. The molecule has 0 spiro atoms. The van der Waals surface area contributed by atoms with E-state index in [1.54, 1.807) is 0 Å². The molecule has 0 amide bonds. The number of aryl methyl sites for hydroxylation is 1. The predicted octanol–water partition coefficient (Wildman–Crippen LogP) is 1.45. The Hall–Kier alpha value is -0.890. The lowest BCUT2D eigenvalue weighted by Crippen LogP contribution is -2.02. The van der Waals surface area contributed by atoms with Crippen molar-refractivity contribution in [2.24, 2.45) is 11.7 Å². The van der Waals surface area contributed by atoms with Gasteiger partial charge in [-0.15, -0.1) is 0 Å². The van der Waals surface area contributed by atoms with Crippen LogP contribution >= 0.6 is 0 Å². The van der Waals surface area contributed by atoms with Gasteiger partial charge in [-0.25, -0.2) is 0 Å². The number of nitrogens with two attached hydrogens (primary N) is 1. The summed E-state index contributed by atoms with van der Waals surface area (Å²) in [6, 6.07) is 6.21. The monoisotopic (exact) mass is 162 g/mol. The van der Waals surface area contributed by atoms with Crippen molar-refractivity contribution in [2.75, 3.05) is 6.54 Å². The molecule has 1 aliphatic rings. The van der Waals surface area contributed by atoms with Crippen LogP contribution in [0.5, 0.6) is 0 Å². The summed E-state index contributed by atoms with van der Waals surface area (Å²) in [6.07, 6.45) is 1.23. The summed E-state index contributed by atoms with van der Waals surface area (Å²) in [7, 11) is 0. The molecule has 0 aliphatic heterocycles. The second kappa shape index (κ2) is 2.87. The summed E-state index contributed by atoms with van der Waals surface area (Å²) >= 11 is 0. The van der Waals surface area contributed by atoms with Gasteiger partial charge in [-0.2, -0.15) is 0 Å². The van der Waals surface area contributed by atoms with E-state index in [0.717, 1.165) is 12.2 Å².